The van der Waals surface area contributed by atoms with Crippen molar-refractivity contribution in [2.75, 3.05) is 0 Å². The molecule has 0 bridgehead atoms. The van der Waals surface area contributed by atoms with Crippen molar-refractivity contribution in [1.29, 1.82) is 0 Å². The maximum absolute atomic E-state index is 10.7. The van der Waals surface area contributed by atoms with E-state index in [2.05, 4.69) is 6.92 Å². The molecule has 0 aromatic carbocycles. The van der Waals surface area contributed by atoms with Gasteiger partial charge in [-0.1, -0.05) is 84.0 Å². The number of hydrogen-bond acceptors (Lipinski definition) is 3. The van der Waals surface area contributed by atoms with Crippen LogP contribution in [-0.2, 0) is 10.1 Å². The average Bonchev–Trinajstić information content (AvgIpc) is 2.38. The Morgan fingerprint density at radius 2 is 1.14 bits per heavy atom. The van der Waals surface area contributed by atoms with Crippen molar-refractivity contribution in [3.63, 3.8) is 0 Å². The third-order valence-electron chi connectivity index (χ3n) is 3.72. The number of unbranched alkanes of at least 4 members (excludes halogenated alkanes) is 11. The fraction of sp³-hybridized carbons (Fsp3) is 1.00. The zero-order valence-electron chi connectivity index (χ0n) is 14.0. The summed E-state index contributed by atoms with van der Waals surface area (Å²) in [6.45, 7) is 2.24. The predicted molar refractivity (Wildman–Crippen MR) is 91.0 cm³/mol. The predicted octanol–water partition coefficient (Wildman–Crippen LogP) is 3.87. The molecule has 0 heterocycles. The van der Waals surface area contributed by atoms with E-state index in [4.69, 9.17) is 10.3 Å². The van der Waals surface area contributed by atoms with Crippen LogP contribution in [0.5, 0.6) is 0 Å². The van der Waals surface area contributed by atoms with Crippen molar-refractivity contribution in [3.05, 3.63) is 0 Å². The molecule has 0 aromatic rings. The molecule has 0 aliphatic heterocycles. The van der Waals surface area contributed by atoms with Gasteiger partial charge in [0.05, 0.1) is 0 Å². The number of rotatable bonds is 14. The molecule has 0 spiro atoms. The molecule has 0 aromatic heterocycles. The van der Waals surface area contributed by atoms with Crippen molar-refractivity contribution in [2.45, 2.75) is 95.8 Å². The standard InChI is InChI=1S/C15H33NO3S.Na/c1-2-3-4-5-6-7-8-9-10-11-12-13-14-15(16)20(17,18)19;/h15H,2-14,16H2,1H3,(H,17,18,19);. The van der Waals surface area contributed by atoms with Crippen LogP contribution in [0.2, 0.25) is 0 Å². The first-order valence-electron chi connectivity index (χ1n) is 8.20. The van der Waals surface area contributed by atoms with Crippen LogP contribution in [0.4, 0.5) is 0 Å². The van der Waals surface area contributed by atoms with Gasteiger partial charge in [-0.2, -0.15) is 8.42 Å². The first-order valence-corrected chi connectivity index (χ1v) is 9.70. The zero-order valence-corrected chi connectivity index (χ0v) is 16.8. The summed E-state index contributed by atoms with van der Waals surface area (Å²) in [6, 6.07) is 0. The summed E-state index contributed by atoms with van der Waals surface area (Å²) in [5, 5.41) is -1.11. The van der Waals surface area contributed by atoms with Gasteiger partial charge in [-0.05, 0) is 6.42 Å². The Labute approximate surface area is 153 Å². The van der Waals surface area contributed by atoms with E-state index in [-0.39, 0.29) is 29.6 Å². The third-order valence-corrected chi connectivity index (χ3v) is 4.73. The van der Waals surface area contributed by atoms with E-state index in [1.54, 1.807) is 0 Å². The fourth-order valence-electron chi connectivity index (χ4n) is 2.34. The largest absolute Gasteiger partial charge is 0.313 e. The van der Waals surface area contributed by atoms with E-state index in [0.717, 1.165) is 19.3 Å². The Balaban J connectivity index is 0. The first kappa shape index (κ1) is 24.1. The van der Waals surface area contributed by atoms with E-state index in [1.165, 1.54) is 57.8 Å². The summed E-state index contributed by atoms with van der Waals surface area (Å²) < 4.78 is 30.1. The molecule has 0 fully saturated rings. The van der Waals surface area contributed by atoms with Gasteiger partial charge in [-0.15, -0.1) is 0 Å². The topological polar surface area (TPSA) is 80.4 Å². The molecule has 3 N–H and O–H groups in total. The van der Waals surface area contributed by atoms with Gasteiger partial charge in [0.15, 0.2) is 0 Å². The van der Waals surface area contributed by atoms with Crippen LogP contribution in [0.1, 0.15) is 90.4 Å². The third kappa shape index (κ3) is 17.1. The molecule has 21 heavy (non-hydrogen) atoms. The normalized spacial score (nSPS) is 12.9. The van der Waals surface area contributed by atoms with Gasteiger partial charge in [0.2, 0.25) is 0 Å². The van der Waals surface area contributed by atoms with E-state index in [1.807, 2.05) is 0 Å². The van der Waals surface area contributed by atoms with Crippen LogP contribution in [0.15, 0.2) is 0 Å². The molecule has 6 heteroatoms. The molecule has 0 saturated heterocycles. The molecule has 4 nitrogen and oxygen atoms in total. The van der Waals surface area contributed by atoms with Crippen LogP contribution in [0.25, 0.3) is 0 Å². The van der Waals surface area contributed by atoms with Crippen LogP contribution >= 0.6 is 0 Å². The number of hydrogen-bond donors (Lipinski definition) is 2. The maximum Gasteiger partial charge on any atom is 0.280 e. The van der Waals surface area contributed by atoms with Gasteiger partial charge in [0.1, 0.15) is 5.37 Å². The minimum atomic E-state index is -4.04. The molecule has 1 radical (unpaired) electrons. The van der Waals surface area contributed by atoms with Crippen molar-refractivity contribution < 1.29 is 13.0 Å². The minimum absolute atomic E-state index is 0. The Kier molecular flexibility index (Phi) is 18.1. The van der Waals surface area contributed by atoms with Crippen LogP contribution in [0, 0.1) is 0 Å². The second-order valence-corrected chi connectivity index (χ2v) is 7.37. The molecule has 0 aliphatic carbocycles. The van der Waals surface area contributed by atoms with Gasteiger partial charge < -0.3 is 5.73 Å². The monoisotopic (exact) mass is 330 g/mol. The summed E-state index contributed by atoms with van der Waals surface area (Å²) in [5.41, 5.74) is 5.34. The van der Waals surface area contributed by atoms with E-state index in [9.17, 15) is 8.42 Å². The summed E-state index contributed by atoms with van der Waals surface area (Å²) in [6.07, 6.45) is 15.2. The summed E-state index contributed by atoms with van der Waals surface area (Å²) >= 11 is 0. The van der Waals surface area contributed by atoms with Crippen molar-refractivity contribution >= 4 is 39.7 Å². The molecule has 0 amide bonds. The van der Waals surface area contributed by atoms with Crippen LogP contribution < -0.4 is 5.73 Å². The minimum Gasteiger partial charge on any atom is -0.313 e. The van der Waals surface area contributed by atoms with E-state index >= 15 is 0 Å². The van der Waals surface area contributed by atoms with E-state index in [0.29, 0.717) is 6.42 Å². The van der Waals surface area contributed by atoms with Gasteiger partial charge in [-0.25, -0.2) is 0 Å². The Bertz CT molecular complexity index is 310. The first-order chi connectivity index (χ1) is 9.48. The Morgan fingerprint density at radius 3 is 1.48 bits per heavy atom. The summed E-state index contributed by atoms with van der Waals surface area (Å²) in [7, 11) is -4.04. The molecular weight excluding hydrogens is 297 g/mol. The smallest absolute Gasteiger partial charge is 0.280 e. The molecule has 0 saturated carbocycles. The van der Waals surface area contributed by atoms with Gasteiger partial charge in [-0.3, -0.25) is 4.55 Å². The molecule has 0 rings (SSSR count). The van der Waals surface area contributed by atoms with Gasteiger partial charge in [0.25, 0.3) is 10.1 Å². The Hall–Kier alpha value is 0.870. The number of nitrogens with two attached hydrogens (primary N) is 1. The maximum atomic E-state index is 10.7. The quantitative estimate of drug-likeness (QED) is 0.288. The van der Waals surface area contributed by atoms with Crippen LogP contribution in [0.3, 0.4) is 0 Å². The van der Waals surface area contributed by atoms with Crippen molar-refractivity contribution in [2.24, 2.45) is 5.73 Å². The van der Waals surface area contributed by atoms with Gasteiger partial charge in [0, 0.05) is 29.6 Å². The summed E-state index contributed by atoms with van der Waals surface area (Å²) in [5.74, 6) is 0. The molecule has 1 unspecified atom stereocenters. The van der Waals surface area contributed by atoms with Crippen molar-refractivity contribution in [3.8, 4) is 0 Å². The van der Waals surface area contributed by atoms with Crippen LogP contribution in [-0.4, -0.2) is 47.9 Å². The molecule has 123 valence electrons. The van der Waals surface area contributed by atoms with E-state index < -0.39 is 15.5 Å². The Morgan fingerprint density at radius 1 is 0.810 bits per heavy atom. The van der Waals surface area contributed by atoms with Gasteiger partial charge >= 0.3 is 0 Å². The molecular formula is C15H33NNaO3S. The molecule has 1 atom stereocenters. The SMILES string of the molecule is CCCCCCCCCCCCCCC(N)S(=O)(=O)O.[Na]. The van der Waals surface area contributed by atoms with Crippen molar-refractivity contribution in [1.82, 2.24) is 0 Å². The molecule has 0 aliphatic rings. The fourth-order valence-corrected chi connectivity index (χ4v) is 2.80. The average molecular weight is 330 g/mol. The summed E-state index contributed by atoms with van der Waals surface area (Å²) in [4.78, 5) is 0. The second-order valence-electron chi connectivity index (χ2n) is 5.73. The zero-order chi connectivity index (χ0) is 15.3. The second kappa shape index (κ2) is 15.8.